The molecule has 0 aromatic carbocycles. The monoisotopic (exact) mass is 243 g/mol. The molecule has 5 heteroatoms. The summed E-state index contributed by atoms with van der Waals surface area (Å²) in [5.74, 6) is -0.424. The van der Waals surface area contributed by atoms with Gasteiger partial charge >= 0.3 is 0 Å². The van der Waals surface area contributed by atoms with Crippen molar-refractivity contribution in [1.82, 2.24) is 4.90 Å². The standard InChI is InChI=1S/C12H25N3O2/c1-12(14,11(13)16)6-3-7-15(8-9-17-2)10-4-5-10/h10H,3-9,14H2,1-2H3,(H2,13,16). The van der Waals surface area contributed by atoms with Crippen LogP contribution in [-0.4, -0.2) is 49.2 Å². The summed E-state index contributed by atoms with van der Waals surface area (Å²) in [6.07, 6.45) is 4.09. The quantitative estimate of drug-likeness (QED) is 0.601. The van der Waals surface area contributed by atoms with E-state index in [1.54, 1.807) is 14.0 Å². The van der Waals surface area contributed by atoms with E-state index in [1.165, 1.54) is 12.8 Å². The number of methoxy groups -OCH3 is 1. The lowest BCUT2D eigenvalue weighted by atomic mass is 9.96. The molecule has 0 aliphatic heterocycles. The fraction of sp³-hybridized carbons (Fsp3) is 0.917. The van der Waals surface area contributed by atoms with Crippen LogP contribution in [0, 0.1) is 0 Å². The van der Waals surface area contributed by atoms with E-state index in [4.69, 9.17) is 16.2 Å². The van der Waals surface area contributed by atoms with Crippen molar-refractivity contribution in [2.24, 2.45) is 11.5 Å². The number of rotatable bonds is 9. The summed E-state index contributed by atoms with van der Waals surface area (Å²) < 4.78 is 5.10. The Hall–Kier alpha value is -0.650. The van der Waals surface area contributed by atoms with Crippen LogP contribution in [0.15, 0.2) is 0 Å². The Morgan fingerprint density at radius 1 is 1.47 bits per heavy atom. The van der Waals surface area contributed by atoms with Gasteiger partial charge < -0.3 is 16.2 Å². The van der Waals surface area contributed by atoms with Crippen LogP contribution in [0.1, 0.15) is 32.6 Å². The molecule has 0 bridgehead atoms. The first-order chi connectivity index (χ1) is 7.97. The molecule has 0 aromatic rings. The maximum atomic E-state index is 11.1. The Morgan fingerprint density at radius 3 is 2.59 bits per heavy atom. The molecule has 1 saturated carbocycles. The van der Waals surface area contributed by atoms with Crippen LogP contribution in [0.25, 0.3) is 0 Å². The number of nitrogens with two attached hydrogens (primary N) is 2. The Labute approximate surface area is 103 Å². The van der Waals surface area contributed by atoms with Crippen LogP contribution in [0.2, 0.25) is 0 Å². The van der Waals surface area contributed by atoms with Gasteiger partial charge in [-0.25, -0.2) is 0 Å². The molecule has 100 valence electrons. The average Bonchev–Trinajstić information content (AvgIpc) is 3.06. The highest BCUT2D eigenvalue weighted by atomic mass is 16.5. The first-order valence-electron chi connectivity index (χ1n) is 6.29. The van der Waals surface area contributed by atoms with Crippen LogP contribution in [-0.2, 0) is 9.53 Å². The van der Waals surface area contributed by atoms with Crippen LogP contribution in [0.3, 0.4) is 0 Å². The Bertz CT molecular complexity index is 252. The molecule has 4 N–H and O–H groups in total. The molecule has 0 spiro atoms. The maximum Gasteiger partial charge on any atom is 0.237 e. The van der Waals surface area contributed by atoms with Gasteiger partial charge in [-0.15, -0.1) is 0 Å². The highest BCUT2D eigenvalue weighted by molar-refractivity contribution is 5.83. The number of carbonyl (C=O) groups is 1. The summed E-state index contributed by atoms with van der Waals surface area (Å²) in [6, 6.07) is 0.711. The van der Waals surface area contributed by atoms with E-state index < -0.39 is 11.4 Å². The second kappa shape index (κ2) is 6.33. The zero-order chi connectivity index (χ0) is 12.9. The van der Waals surface area contributed by atoms with Gasteiger partial charge in [0, 0.05) is 19.7 Å². The molecule has 0 radical (unpaired) electrons. The van der Waals surface area contributed by atoms with E-state index in [0.29, 0.717) is 12.5 Å². The Morgan fingerprint density at radius 2 is 2.12 bits per heavy atom. The summed E-state index contributed by atoms with van der Waals surface area (Å²) in [6.45, 7) is 4.38. The first-order valence-corrected chi connectivity index (χ1v) is 6.29. The van der Waals surface area contributed by atoms with E-state index >= 15 is 0 Å². The fourth-order valence-corrected chi connectivity index (χ4v) is 1.90. The molecule has 0 aromatic heterocycles. The minimum atomic E-state index is -0.878. The lowest BCUT2D eigenvalue weighted by molar-refractivity contribution is -0.122. The molecule has 0 heterocycles. The molecule has 1 rings (SSSR count). The van der Waals surface area contributed by atoms with Crippen LogP contribution in [0.5, 0.6) is 0 Å². The van der Waals surface area contributed by atoms with Gasteiger partial charge in [-0.3, -0.25) is 9.69 Å². The predicted molar refractivity (Wildman–Crippen MR) is 67.5 cm³/mol. The van der Waals surface area contributed by atoms with Gasteiger partial charge in [-0.2, -0.15) is 0 Å². The molecule has 1 aliphatic rings. The van der Waals surface area contributed by atoms with Crippen LogP contribution in [0.4, 0.5) is 0 Å². The molecule has 1 fully saturated rings. The van der Waals surface area contributed by atoms with Crippen LogP contribution < -0.4 is 11.5 Å². The van der Waals surface area contributed by atoms with E-state index in [9.17, 15) is 4.79 Å². The number of primary amides is 1. The fourth-order valence-electron chi connectivity index (χ4n) is 1.90. The zero-order valence-electron chi connectivity index (χ0n) is 10.9. The minimum Gasteiger partial charge on any atom is -0.383 e. The van der Waals surface area contributed by atoms with E-state index in [2.05, 4.69) is 4.90 Å². The van der Waals surface area contributed by atoms with Gasteiger partial charge in [0.15, 0.2) is 0 Å². The third kappa shape index (κ3) is 5.02. The molecule has 1 aliphatic carbocycles. The Kier molecular flexibility index (Phi) is 5.36. The highest BCUT2D eigenvalue weighted by Gasteiger charge is 2.30. The van der Waals surface area contributed by atoms with Gasteiger partial charge in [-0.05, 0) is 39.2 Å². The molecule has 0 saturated heterocycles. The number of ether oxygens (including phenoxy) is 1. The van der Waals surface area contributed by atoms with E-state index in [1.807, 2.05) is 0 Å². The number of hydrogen-bond acceptors (Lipinski definition) is 4. The predicted octanol–water partition coefficient (Wildman–Crippen LogP) is 0.0801. The molecule has 1 amide bonds. The topological polar surface area (TPSA) is 81.6 Å². The van der Waals surface area contributed by atoms with Crippen molar-refractivity contribution in [3.63, 3.8) is 0 Å². The summed E-state index contributed by atoms with van der Waals surface area (Å²) >= 11 is 0. The number of hydrogen-bond donors (Lipinski definition) is 2. The van der Waals surface area contributed by atoms with Crippen molar-refractivity contribution in [2.45, 2.75) is 44.2 Å². The number of carbonyl (C=O) groups excluding carboxylic acids is 1. The summed E-state index contributed by atoms with van der Waals surface area (Å²) in [4.78, 5) is 13.5. The lowest BCUT2D eigenvalue weighted by Crippen LogP contribution is -2.49. The van der Waals surface area contributed by atoms with Gasteiger partial charge in [0.25, 0.3) is 0 Å². The van der Waals surface area contributed by atoms with Crippen molar-refractivity contribution >= 4 is 5.91 Å². The molecule has 1 unspecified atom stereocenters. The number of nitrogens with zero attached hydrogens (tertiary/aromatic N) is 1. The zero-order valence-corrected chi connectivity index (χ0v) is 10.9. The minimum absolute atomic E-state index is 0.424. The van der Waals surface area contributed by atoms with E-state index in [-0.39, 0.29) is 0 Å². The third-order valence-electron chi connectivity index (χ3n) is 3.35. The molecular formula is C12H25N3O2. The summed E-state index contributed by atoms with van der Waals surface area (Å²) in [5.41, 5.74) is 10.2. The van der Waals surface area contributed by atoms with Gasteiger partial charge in [-0.1, -0.05) is 0 Å². The SMILES string of the molecule is COCCN(CCCC(C)(N)C(N)=O)C1CC1. The van der Waals surface area contributed by atoms with Gasteiger partial charge in [0.05, 0.1) is 12.1 Å². The lowest BCUT2D eigenvalue weighted by Gasteiger charge is -2.25. The molecular weight excluding hydrogens is 218 g/mol. The number of amides is 1. The smallest absolute Gasteiger partial charge is 0.237 e. The van der Waals surface area contributed by atoms with Crippen LogP contribution >= 0.6 is 0 Å². The van der Waals surface area contributed by atoms with Gasteiger partial charge in [0.2, 0.25) is 5.91 Å². The normalized spacial score (nSPS) is 19.3. The van der Waals surface area contributed by atoms with Crippen molar-refractivity contribution < 1.29 is 9.53 Å². The van der Waals surface area contributed by atoms with Crippen molar-refractivity contribution in [2.75, 3.05) is 26.8 Å². The second-order valence-corrected chi connectivity index (χ2v) is 5.15. The molecule has 5 nitrogen and oxygen atoms in total. The van der Waals surface area contributed by atoms with Gasteiger partial charge in [0.1, 0.15) is 0 Å². The van der Waals surface area contributed by atoms with Crippen molar-refractivity contribution in [3.05, 3.63) is 0 Å². The summed E-state index contributed by atoms with van der Waals surface area (Å²) in [7, 11) is 1.72. The van der Waals surface area contributed by atoms with E-state index in [0.717, 1.165) is 26.1 Å². The largest absolute Gasteiger partial charge is 0.383 e. The molecule has 1 atom stereocenters. The second-order valence-electron chi connectivity index (χ2n) is 5.15. The summed E-state index contributed by atoms with van der Waals surface area (Å²) in [5, 5.41) is 0. The molecule has 17 heavy (non-hydrogen) atoms. The third-order valence-corrected chi connectivity index (χ3v) is 3.35. The highest BCUT2D eigenvalue weighted by Crippen LogP contribution is 2.27. The average molecular weight is 243 g/mol. The first kappa shape index (κ1) is 14.4. The van der Waals surface area contributed by atoms with Crippen molar-refractivity contribution in [3.8, 4) is 0 Å². The Balaban J connectivity index is 2.24. The maximum absolute atomic E-state index is 11.1. The van der Waals surface area contributed by atoms with Crippen molar-refractivity contribution in [1.29, 1.82) is 0 Å².